The van der Waals surface area contributed by atoms with Gasteiger partial charge < -0.3 is 9.80 Å². The Morgan fingerprint density at radius 1 is 1.19 bits per heavy atom. The largest absolute Gasteiger partial charge is 0.372 e. The van der Waals surface area contributed by atoms with E-state index in [1.165, 1.54) is 11.3 Å². The number of benzene rings is 1. The number of amides is 1. The molecule has 5 heteroatoms. The first-order valence-corrected chi connectivity index (χ1v) is 10.8. The molecule has 0 aliphatic carbocycles. The molecule has 0 radical (unpaired) electrons. The first-order chi connectivity index (χ1) is 13.0. The van der Waals surface area contributed by atoms with Gasteiger partial charge >= 0.3 is 0 Å². The fraction of sp³-hybridized carbons (Fsp3) is 0.455. The maximum Gasteiger partial charge on any atom is 0.233 e. The van der Waals surface area contributed by atoms with Crippen molar-refractivity contribution in [1.82, 2.24) is 9.88 Å². The Morgan fingerprint density at radius 3 is 2.52 bits per heavy atom. The van der Waals surface area contributed by atoms with Crippen LogP contribution in [0.25, 0.3) is 11.1 Å². The molecule has 1 saturated heterocycles. The van der Waals surface area contributed by atoms with Gasteiger partial charge in [-0.1, -0.05) is 26.0 Å². The van der Waals surface area contributed by atoms with Gasteiger partial charge in [0.2, 0.25) is 5.91 Å². The van der Waals surface area contributed by atoms with Crippen molar-refractivity contribution in [2.45, 2.75) is 33.1 Å². The van der Waals surface area contributed by atoms with E-state index >= 15 is 0 Å². The molecule has 144 valence electrons. The summed E-state index contributed by atoms with van der Waals surface area (Å²) >= 11 is 1.71. The lowest BCUT2D eigenvalue weighted by Gasteiger charge is -2.27. The number of anilines is 1. The molecular formula is C22H29N3OS. The summed E-state index contributed by atoms with van der Waals surface area (Å²) in [5.74, 6) is 1.22. The van der Waals surface area contributed by atoms with Crippen LogP contribution < -0.4 is 4.90 Å². The lowest BCUT2D eigenvalue weighted by atomic mass is 10.0. The minimum atomic E-state index is 0.0473. The van der Waals surface area contributed by atoms with Gasteiger partial charge in [-0.15, -0.1) is 11.8 Å². The van der Waals surface area contributed by atoms with Gasteiger partial charge in [0.25, 0.3) is 0 Å². The molecule has 1 unspecified atom stereocenters. The Balaban J connectivity index is 1.93. The highest BCUT2D eigenvalue weighted by Crippen LogP contribution is 2.42. The number of carbonyl (C=O) groups is 1. The van der Waals surface area contributed by atoms with Gasteiger partial charge in [0.15, 0.2) is 0 Å². The number of pyridine rings is 1. The van der Waals surface area contributed by atoms with Crippen molar-refractivity contribution in [1.29, 1.82) is 0 Å². The first-order valence-electron chi connectivity index (χ1n) is 9.75. The average molecular weight is 384 g/mol. The number of nitrogens with zero attached hydrogens (tertiary/aromatic N) is 3. The van der Waals surface area contributed by atoms with E-state index in [0.29, 0.717) is 11.7 Å². The van der Waals surface area contributed by atoms with E-state index in [4.69, 9.17) is 0 Å². The molecule has 2 heterocycles. The Hall–Kier alpha value is -2.01. The molecule has 1 atom stereocenters. The minimum Gasteiger partial charge on any atom is -0.372 e. The summed E-state index contributed by atoms with van der Waals surface area (Å²) < 4.78 is 0. The van der Waals surface area contributed by atoms with Gasteiger partial charge in [0.1, 0.15) is 5.37 Å². The van der Waals surface area contributed by atoms with Crippen LogP contribution in [0.2, 0.25) is 0 Å². The van der Waals surface area contributed by atoms with E-state index in [-0.39, 0.29) is 11.3 Å². The number of aromatic nitrogens is 1. The van der Waals surface area contributed by atoms with E-state index in [1.54, 1.807) is 11.8 Å². The summed E-state index contributed by atoms with van der Waals surface area (Å²) in [5, 5.41) is 0.0473. The normalized spacial score (nSPS) is 17.0. The quantitative estimate of drug-likeness (QED) is 0.686. The highest BCUT2D eigenvalue weighted by molar-refractivity contribution is 8.00. The third-order valence-electron chi connectivity index (χ3n) is 4.95. The molecule has 1 aliphatic rings. The van der Waals surface area contributed by atoms with Crippen LogP contribution in [0.1, 0.15) is 38.6 Å². The molecule has 1 amide bonds. The summed E-state index contributed by atoms with van der Waals surface area (Å²) in [6, 6.07) is 10.8. The van der Waals surface area contributed by atoms with Crippen molar-refractivity contribution < 1.29 is 4.79 Å². The molecule has 0 saturated carbocycles. The molecule has 4 nitrogen and oxygen atoms in total. The van der Waals surface area contributed by atoms with Crippen LogP contribution in [0.3, 0.4) is 0 Å². The van der Waals surface area contributed by atoms with Crippen molar-refractivity contribution in [2.24, 2.45) is 5.92 Å². The highest BCUT2D eigenvalue weighted by atomic mass is 32.2. The first kappa shape index (κ1) is 19.7. The summed E-state index contributed by atoms with van der Waals surface area (Å²) in [5.41, 5.74) is 4.71. The Morgan fingerprint density at radius 2 is 1.89 bits per heavy atom. The minimum absolute atomic E-state index is 0.0473. The Bertz CT molecular complexity index is 771. The number of hydrogen-bond donors (Lipinski definition) is 0. The second kappa shape index (κ2) is 8.79. The molecule has 1 fully saturated rings. The van der Waals surface area contributed by atoms with Crippen LogP contribution in [-0.2, 0) is 4.79 Å². The fourth-order valence-corrected chi connectivity index (χ4v) is 4.83. The highest BCUT2D eigenvalue weighted by Gasteiger charge is 2.34. The average Bonchev–Trinajstić information content (AvgIpc) is 3.03. The second-order valence-electron chi connectivity index (χ2n) is 7.29. The van der Waals surface area contributed by atoms with Gasteiger partial charge in [-0.05, 0) is 49.1 Å². The maximum atomic E-state index is 12.4. The Labute approximate surface area is 167 Å². The molecule has 0 bridgehead atoms. The van der Waals surface area contributed by atoms with Crippen LogP contribution in [0.4, 0.5) is 5.69 Å². The van der Waals surface area contributed by atoms with Crippen LogP contribution >= 0.6 is 11.8 Å². The second-order valence-corrected chi connectivity index (χ2v) is 8.35. The van der Waals surface area contributed by atoms with Crippen molar-refractivity contribution in [3.63, 3.8) is 0 Å². The monoisotopic (exact) mass is 383 g/mol. The Kier molecular flexibility index (Phi) is 6.42. The predicted molar refractivity (Wildman–Crippen MR) is 115 cm³/mol. The number of carbonyl (C=O) groups excluding carboxylic acids is 1. The molecule has 0 spiro atoms. The van der Waals surface area contributed by atoms with Crippen molar-refractivity contribution in [3.05, 3.63) is 48.3 Å². The van der Waals surface area contributed by atoms with Gasteiger partial charge in [-0.2, -0.15) is 0 Å². The lowest BCUT2D eigenvalue weighted by Crippen LogP contribution is -2.31. The molecule has 1 aliphatic heterocycles. The summed E-state index contributed by atoms with van der Waals surface area (Å²) in [4.78, 5) is 21.1. The van der Waals surface area contributed by atoms with Crippen molar-refractivity contribution >= 4 is 23.4 Å². The molecule has 27 heavy (non-hydrogen) atoms. The fourth-order valence-electron chi connectivity index (χ4n) is 3.61. The lowest BCUT2D eigenvalue weighted by molar-refractivity contribution is -0.128. The van der Waals surface area contributed by atoms with Crippen LogP contribution in [0.5, 0.6) is 0 Å². The topological polar surface area (TPSA) is 36.4 Å². The van der Waals surface area contributed by atoms with Crippen molar-refractivity contribution in [2.75, 3.05) is 30.3 Å². The summed E-state index contributed by atoms with van der Waals surface area (Å²) in [6.45, 7) is 11.5. The third kappa shape index (κ3) is 4.29. The van der Waals surface area contributed by atoms with Crippen LogP contribution in [0.15, 0.2) is 42.7 Å². The standard InChI is InChI=1S/C22H29N3OS/c1-5-24(6-2)18-9-7-17(8-10-18)19-11-12-23-13-20(19)22-25(14-16(3)4)21(26)15-27-22/h7-13,16,22H,5-6,14-15H2,1-4H3. The zero-order valence-electron chi connectivity index (χ0n) is 16.7. The van der Waals surface area contributed by atoms with Gasteiger partial charge in [-0.3, -0.25) is 9.78 Å². The van der Waals surface area contributed by atoms with E-state index in [0.717, 1.165) is 30.8 Å². The van der Waals surface area contributed by atoms with E-state index in [9.17, 15) is 4.79 Å². The predicted octanol–water partition coefficient (Wildman–Crippen LogP) is 4.82. The molecule has 1 aromatic carbocycles. The van der Waals surface area contributed by atoms with Gasteiger partial charge in [0.05, 0.1) is 5.75 Å². The van der Waals surface area contributed by atoms with Crippen LogP contribution in [0, 0.1) is 5.92 Å². The molecule has 3 rings (SSSR count). The van der Waals surface area contributed by atoms with Gasteiger partial charge in [-0.25, -0.2) is 0 Å². The number of thioether (sulfide) groups is 1. The molecular weight excluding hydrogens is 354 g/mol. The van der Waals surface area contributed by atoms with Crippen LogP contribution in [-0.4, -0.2) is 41.2 Å². The van der Waals surface area contributed by atoms with E-state index in [2.05, 4.69) is 67.9 Å². The zero-order valence-corrected chi connectivity index (χ0v) is 17.5. The number of rotatable bonds is 7. The zero-order chi connectivity index (χ0) is 19.4. The molecule has 2 aromatic rings. The number of hydrogen-bond acceptors (Lipinski definition) is 4. The van der Waals surface area contributed by atoms with E-state index < -0.39 is 0 Å². The summed E-state index contributed by atoms with van der Waals surface area (Å²) in [7, 11) is 0. The van der Waals surface area contributed by atoms with E-state index in [1.807, 2.05) is 17.3 Å². The SMILES string of the molecule is CCN(CC)c1ccc(-c2ccncc2C2SCC(=O)N2CC(C)C)cc1. The van der Waals surface area contributed by atoms with Crippen molar-refractivity contribution in [3.8, 4) is 11.1 Å². The molecule has 0 N–H and O–H groups in total. The smallest absolute Gasteiger partial charge is 0.233 e. The third-order valence-corrected chi connectivity index (χ3v) is 6.19. The maximum absolute atomic E-state index is 12.4. The molecule has 1 aromatic heterocycles. The summed E-state index contributed by atoms with van der Waals surface area (Å²) in [6.07, 6.45) is 3.77. The van der Waals surface area contributed by atoms with Gasteiger partial charge in [0, 0.05) is 43.3 Å².